The lowest BCUT2D eigenvalue weighted by Gasteiger charge is -2.33. The Labute approximate surface area is 190 Å². The van der Waals surface area contributed by atoms with Crippen LogP contribution in [-0.4, -0.2) is 33.8 Å². The zero-order valence-corrected chi connectivity index (χ0v) is 19.2. The van der Waals surface area contributed by atoms with E-state index in [1.807, 2.05) is 10.7 Å². The van der Waals surface area contributed by atoms with E-state index >= 15 is 0 Å². The second kappa shape index (κ2) is 8.93. The topological polar surface area (TPSA) is 63.1 Å². The normalized spacial score (nSPS) is 17.1. The van der Waals surface area contributed by atoms with Gasteiger partial charge in [0.05, 0.1) is 17.1 Å². The maximum absolute atomic E-state index is 13.3. The summed E-state index contributed by atoms with van der Waals surface area (Å²) in [5.74, 6) is 1.23. The molecule has 2 aromatic heterocycles. The van der Waals surface area contributed by atoms with E-state index in [0.717, 1.165) is 61.5 Å². The molecular formula is C26H33N5O. The second-order valence-corrected chi connectivity index (χ2v) is 9.45. The van der Waals surface area contributed by atoms with Crippen molar-refractivity contribution in [3.63, 3.8) is 0 Å². The number of anilines is 1. The maximum atomic E-state index is 13.3. The fourth-order valence-electron chi connectivity index (χ4n) is 4.71. The summed E-state index contributed by atoms with van der Waals surface area (Å²) in [5, 5.41) is 8.56. The van der Waals surface area contributed by atoms with Crippen molar-refractivity contribution < 1.29 is 4.79 Å². The first kappa shape index (κ1) is 21.0. The molecule has 3 aromatic rings. The van der Waals surface area contributed by atoms with Gasteiger partial charge in [-0.1, -0.05) is 32.0 Å². The standard InChI is InChI=1S/C26H33N5O/c1-3-12-31-25-22(17-28-31)21(15-23(29-25)19-8-9-19)26(32)27-16-20-6-4-5-7-24(20)30-13-10-18(2)11-14-30/h4-7,15,17-19H,3,8-14,16H2,1-2H3,(H,27,32). The first-order valence-electron chi connectivity index (χ1n) is 12.1. The number of carbonyl (C=O) groups excluding carboxylic acids is 1. The Balaban J connectivity index is 1.38. The van der Waals surface area contributed by atoms with Crippen molar-refractivity contribution in [1.29, 1.82) is 0 Å². The summed E-state index contributed by atoms with van der Waals surface area (Å²) in [6.45, 7) is 7.96. The van der Waals surface area contributed by atoms with E-state index in [2.05, 4.69) is 53.4 Å². The first-order valence-corrected chi connectivity index (χ1v) is 12.1. The molecule has 1 saturated heterocycles. The molecule has 1 aromatic carbocycles. The van der Waals surface area contributed by atoms with E-state index in [0.29, 0.717) is 18.0 Å². The molecule has 5 rings (SSSR count). The van der Waals surface area contributed by atoms with Gasteiger partial charge in [-0.15, -0.1) is 0 Å². The number of benzene rings is 1. The van der Waals surface area contributed by atoms with Crippen molar-refractivity contribution in [3.8, 4) is 0 Å². The van der Waals surface area contributed by atoms with E-state index in [1.165, 1.54) is 24.1 Å². The number of rotatable bonds is 7. The molecule has 2 fully saturated rings. The van der Waals surface area contributed by atoms with Crippen LogP contribution in [0.1, 0.15) is 73.5 Å². The van der Waals surface area contributed by atoms with E-state index < -0.39 is 0 Å². The summed E-state index contributed by atoms with van der Waals surface area (Å²) in [4.78, 5) is 20.7. The Hall–Kier alpha value is -2.89. The van der Waals surface area contributed by atoms with Crippen molar-refractivity contribution in [2.24, 2.45) is 5.92 Å². The number of nitrogens with zero attached hydrogens (tertiary/aromatic N) is 4. The largest absolute Gasteiger partial charge is 0.371 e. The monoisotopic (exact) mass is 431 g/mol. The molecule has 1 aliphatic heterocycles. The number of hydrogen-bond acceptors (Lipinski definition) is 4. The molecule has 0 bridgehead atoms. The SMILES string of the molecule is CCCn1ncc2c(C(=O)NCc3ccccc3N3CCC(C)CC3)cc(C3CC3)nc21. The smallest absolute Gasteiger partial charge is 0.252 e. The third-order valence-corrected chi connectivity index (χ3v) is 6.86. The summed E-state index contributed by atoms with van der Waals surface area (Å²) >= 11 is 0. The van der Waals surface area contributed by atoms with Gasteiger partial charge in [-0.2, -0.15) is 5.10 Å². The van der Waals surface area contributed by atoms with Gasteiger partial charge in [-0.3, -0.25) is 4.79 Å². The van der Waals surface area contributed by atoms with Crippen LogP contribution in [0.5, 0.6) is 0 Å². The lowest BCUT2D eigenvalue weighted by molar-refractivity contribution is 0.0952. The Bertz CT molecular complexity index is 1110. The highest BCUT2D eigenvalue weighted by atomic mass is 16.1. The summed E-state index contributed by atoms with van der Waals surface area (Å²) in [5.41, 5.74) is 4.98. The molecule has 1 aliphatic carbocycles. The van der Waals surface area contributed by atoms with Gasteiger partial charge in [0.25, 0.3) is 5.91 Å². The molecule has 168 valence electrons. The number of aryl methyl sites for hydroxylation is 1. The van der Waals surface area contributed by atoms with Gasteiger partial charge >= 0.3 is 0 Å². The number of nitrogens with one attached hydrogen (secondary N) is 1. The van der Waals surface area contributed by atoms with Crippen molar-refractivity contribution in [3.05, 3.63) is 53.3 Å². The van der Waals surface area contributed by atoms with Crippen LogP contribution in [0.15, 0.2) is 36.5 Å². The van der Waals surface area contributed by atoms with Crippen LogP contribution in [0, 0.1) is 5.92 Å². The average Bonchev–Trinajstić information content (AvgIpc) is 3.59. The lowest BCUT2D eigenvalue weighted by Crippen LogP contribution is -2.34. The molecule has 1 N–H and O–H groups in total. The van der Waals surface area contributed by atoms with Crippen LogP contribution < -0.4 is 10.2 Å². The Morgan fingerprint density at radius 2 is 1.94 bits per heavy atom. The molecule has 3 heterocycles. The highest BCUT2D eigenvalue weighted by Crippen LogP contribution is 2.40. The van der Waals surface area contributed by atoms with Crippen LogP contribution in [0.4, 0.5) is 5.69 Å². The molecule has 2 aliphatic rings. The minimum absolute atomic E-state index is 0.0441. The zero-order chi connectivity index (χ0) is 22.1. The predicted molar refractivity (Wildman–Crippen MR) is 128 cm³/mol. The molecule has 1 saturated carbocycles. The molecule has 6 nitrogen and oxygen atoms in total. The minimum Gasteiger partial charge on any atom is -0.371 e. The van der Waals surface area contributed by atoms with Crippen molar-refractivity contribution in [1.82, 2.24) is 20.1 Å². The Kier molecular flexibility index (Phi) is 5.85. The fourth-order valence-corrected chi connectivity index (χ4v) is 4.71. The maximum Gasteiger partial charge on any atom is 0.252 e. The van der Waals surface area contributed by atoms with Crippen molar-refractivity contribution >= 4 is 22.6 Å². The third-order valence-electron chi connectivity index (χ3n) is 6.86. The van der Waals surface area contributed by atoms with Crippen LogP contribution in [0.3, 0.4) is 0 Å². The Morgan fingerprint density at radius 1 is 1.16 bits per heavy atom. The average molecular weight is 432 g/mol. The summed E-state index contributed by atoms with van der Waals surface area (Å²) in [6.07, 6.45) is 7.54. The summed E-state index contributed by atoms with van der Waals surface area (Å²) < 4.78 is 1.94. The van der Waals surface area contributed by atoms with Crippen LogP contribution in [0.25, 0.3) is 11.0 Å². The zero-order valence-electron chi connectivity index (χ0n) is 19.2. The highest BCUT2D eigenvalue weighted by molar-refractivity contribution is 6.05. The number of para-hydroxylation sites is 1. The molecule has 0 spiro atoms. The third kappa shape index (κ3) is 4.23. The quantitative estimate of drug-likeness (QED) is 0.579. The number of pyridine rings is 1. The predicted octanol–water partition coefficient (Wildman–Crippen LogP) is 4.89. The summed E-state index contributed by atoms with van der Waals surface area (Å²) in [7, 11) is 0. The molecule has 1 amide bonds. The van der Waals surface area contributed by atoms with Crippen LogP contribution >= 0.6 is 0 Å². The van der Waals surface area contributed by atoms with E-state index in [1.54, 1.807) is 6.20 Å². The molecule has 0 atom stereocenters. The Morgan fingerprint density at radius 3 is 2.69 bits per heavy atom. The molecular weight excluding hydrogens is 398 g/mol. The lowest BCUT2D eigenvalue weighted by atomic mass is 9.98. The molecule has 6 heteroatoms. The van der Waals surface area contributed by atoms with Gasteiger partial charge in [0.1, 0.15) is 0 Å². The molecule has 0 radical (unpaired) electrons. The number of amides is 1. The number of fused-ring (bicyclic) bond motifs is 1. The van der Waals surface area contributed by atoms with Gasteiger partial charge in [0.15, 0.2) is 5.65 Å². The minimum atomic E-state index is -0.0441. The van der Waals surface area contributed by atoms with Crippen LogP contribution in [-0.2, 0) is 13.1 Å². The van der Waals surface area contributed by atoms with Gasteiger partial charge < -0.3 is 10.2 Å². The van der Waals surface area contributed by atoms with Gasteiger partial charge in [-0.25, -0.2) is 9.67 Å². The first-order chi connectivity index (χ1) is 15.6. The number of piperidine rings is 1. The van der Waals surface area contributed by atoms with E-state index in [9.17, 15) is 4.79 Å². The summed E-state index contributed by atoms with van der Waals surface area (Å²) in [6, 6.07) is 10.5. The fraction of sp³-hybridized carbons (Fsp3) is 0.500. The van der Waals surface area contributed by atoms with Crippen molar-refractivity contribution in [2.75, 3.05) is 18.0 Å². The second-order valence-electron chi connectivity index (χ2n) is 9.45. The van der Waals surface area contributed by atoms with Crippen LogP contribution in [0.2, 0.25) is 0 Å². The highest BCUT2D eigenvalue weighted by Gasteiger charge is 2.28. The molecule has 0 unspecified atom stereocenters. The number of aromatic nitrogens is 3. The van der Waals surface area contributed by atoms with Gasteiger partial charge in [0, 0.05) is 43.5 Å². The van der Waals surface area contributed by atoms with Crippen molar-refractivity contribution in [2.45, 2.75) is 65.0 Å². The van der Waals surface area contributed by atoms with Gasteiger partial charge in [-0.05, 0) is 55.7 Å². The van der Waals surface area contributed by atoms with E-state index in [-0.39, 0.29) is 5.91 Å². The molecule has 32 heavy (non-hydrogen) atoms. The van der Waals surface area contributed by atoms with E-state index in [4.69, 9.17) is 4.98 Å². The number of carbonyl (C=O) groups is 1. The van der Waals surface area contributed by atoms with Gasteiger partial charge in [0.2, 0.25) is 0 Å². The number of hydrogen-bond donors (Lipinski definition) is 1.